The second-order valence-electron chi connectivity index (χ2n) is 7.97. The molecule has 0 unspecified atom stereocenters. The molecule has 1 amide bonds. The number of pyridine rings is 1. The molecule has 1 N–H and O–H groups in total. The summed E-state index contributed by atoms with van der Waals surface area (Å²) < 4.78 is 2.17. The maximum absolute atomic E-state index is 12.8. The van der Waals surface area contributed by atoms with Crippen LogP contribution >= 0.6 is 0 Å². The Kier molecular flexibility index (Phi) is 5.99. The predicted octanol–water partition coefficient (Wildman–Crippen LogP) is 3.16. The molecular formula is C23H30N6O. The lowest BCUT2D eigenvalue weighted by Gasteiger charge is -2.36. The van der Waals surface area contributed by atoms with Gasteiger partial charge in [0, 0.05) is 57.1 Å². The Labute approximate surface area is 177 Å². The zero-order valence-corrected chi connectivity index (χ0v) is 18.0. The third-order valence-electron chi connectivity index (χ3n) is 5.85. The molecule has 1 aliphatic heterocycles. The van der Waals surface area contributed by atoms with E-state index >= 15 is 0 Å². The molecule has 7 nitrogen and oxygen atoms in total. The average Bonchev–Trinajstić information content (AvgIpc) is 3.08. The molecule has 0 bridgehead atoms. The van der Waals surface area contributed by atoms with Crippen LogP contribution in [-0.4, -0.2) is 58.1 Å². The van der Waals surface area contributed by atoms with Crippen molar-refractivity contribution in [3.8, 4) is 0 Å². The molecule has 0 spiro atoms. The summed E-state index contributed by atoms with van der Waals surface area (Å²) in [5, 5.41) is 3.07. The van der Waals surface area contributed by atoms with E-state index in [9.17, 15) is 4.79 Å². The number of hydrogen-bond donors (Lipinski definition) is 1. The summed E-state index contributed by atoms with van der Waals surface area (Å²) in [6.07, 6.45) is 1.83. The van der Waals surface area contributed by atoms with Crippen molar-refractivity contribution in [2.24, 2.45) is 5.92 Å². The van der Waals surface area contributed by atoms with Gasteiger partial charge in [0.05, 0.1) is 11.0 Å². The summed E-state index contributed by atoms with van der Waals surface area (Å²) in [5.74, 6) is 1.98. The number of benzene rings is 1. The number of nitrogens with one attached hydrogen (secondary N) is 1. The molecule has 1 fully saturated rings. The van der Waals surface area contributed by atoms with Crippen LogP contribution in [0.2, 0.25) is 0 Å². The Morgan fingerprint density at radius 1 is 1.17 bits per heavy atom. The molecule has 3 aromatic rings. The largest absolute Gasteiger partial charge is 0.354 e. The van der Waals surface area contributed by atoms with Crippen molar-refractivity contribution in [2.75, 3.05) is 42.9 Å². The summed E-state index contributed by atoms with van der Waals surface area (Å²) in [5.41, 5.74) is 2.83. The normalized spacial score (nSPS) is 16.0. The number of aromatic nitrogens is 3. The number of carbonyl (C=O) groups excluding carboxylic acids is 1. The number of nitrogens with zero attached hydrogens (tertiary/aromatic N) is 5. The zero-order valence-electron chi connectivity index (χ0n) is 18.0. The number of carbonyl (C=O) groups is 1. The Balaban J connectivity index is 1.31. The van der Waals surface area contributed by atoms with Gasteiger partial charge in [-0.05, 0) is 44.2 Å². The van der Waals surface area contributed by atoms with Crippen molar-refractivity contribution in [3.05, 3.63) is 48.4 Å². The lowest BCUT2D eigenvalue weighted by Crippen LogP contribution is -2.48. The predicted molar refractivity (Wildman–Crippen MR) is 121 cm³/mol. The van der Waals surface area contributed by atoms with Gasteiger partial charge in [0.25, 0.3) is 0 Å². The fraction of sp³-hybridized carbons (Fsp3) is 0.435. The molecule has 1 aromatic carbocycles. The van der Waals surface area contributed by atoms with E-state index in [-0.39, 0.29) is 11.8 Å². The van der Waals surface area contributed by atoms with Gasteiger partial charge in [-0.2, -0.15) is 0 Å². The summed E-state index contributed by atoms with van der Waals surface area (Å²) in [6, 6.07) is 12.0. The number of hydrogen-bond acceptors (Lipinski definition) is 5. The van der Waals surface area contributed by atoms with Crippen molar-refractivity contribution in [1.82, 2.24) is 19.4 Å². The Morgan fingerprint density at radius 2 is 1.97 bits per heavy atom. The fourth-order valence-corrected chi connectivity index (χ4v) is 4.16. The molecule has 0 aliphatic carbocycles. The highest BCUT2D eigenvalue weighted by Gasteiger charge is 2.22. The van der Waals surface area contributed by atoms with E-state index in [1.807, 2.05) is 56.4 Å². The number of imidazole rings is 1. The van der Waals surface area contributed by atoms with Crippen LogP contribution in [0.1, 0.15) is 19.7 Å². The average molecular weight is 407 g/mol. The molecule has 30 heavy (non-hydrogen) atoms. The summed E-state index contributed by atoms with van der Waals surface area (Å²) >= 11 is 0. The minimum atomic E-state index is -0.0861. The first-order valence-corrected chi connectivity index (χ1v) is 10.7. The first-order valence-electron chi connectivity index (χ1n) is 10.7. The molecule has 7 heteroatoms. The quantitative estimate of drug-likeness (QED) is 0.681. The van der Waals surface area contributed by atoms with Crippen molar-refractivity contribution in [2.45, 2.75) is 27.3 Å². The third kappa shape index (κ3) is 4.31. The van der Waals surface area contributed by atoms with E-state index < -0.39 is 0 Å². The van der Waals surface area contributed by atoms with Gasteiger partial charge in [-0.1, -0.05) is 13.0 Å². The maximum atomic E-state index is 12.8. The smallest absolute Gasteiger partial charge is 0.228 e. The number of amides is 1. The topological polar surface area (TPSA) is 66.3 Å². The number of anilines is 2. The monoisotopic (exact) mass is 406 g/mol. The van der Waals surface area contributed by atoms with Crippen LogP contribution in [0.3, 0.4) is 0 Å². The molecule has 2 aromatic heterocycles. The molecule has 1 aliphatic rings. The number of piperazine rings is 1. The van der Waals surface area contributed by atoms with E-state index in [0.717, 1.165) is 67.6 Å². The van der Waals surface area contributed by atoms with Crippen LogP contribution in [0.15, 0.2) is 42.6 Å². The van der Waals surface area contributed by atoms with Crippen LogP contribution in [0, 0.1) is 12.8 Å². The van der Waals surface area contributed by atoms with Crippen LogP contribution in [0.5, 0.6) is 0 Å². The molecule has 158 valence electrons. The van der Waals surface area contributed by atoms with Crippen LogP contribution in [0.25, 0.3) is 11.0 Å². The van der Waals surface area contributed by atoms with Crippen molar-refractivity contribution >= 4 is 28.4 Å². The SMILES string of the molecule is CCn1c(C)nc2cc(NC(=O)[C@@H](C)CN3CCN(c4ccccn4)CC3)ccc21. The van der Waals surface area contributed by atoms with E-state index in [0.29, 0.717) is 0 Å². The maximum Gasteiger partial charge on any atom is 0.228 e. The highest BCUT2D eigenvalue weighted by atomic mass is 16.1. The summed E-state index contributed by atoms with van der Waals surface area (Å²) in [4.78, 5) is 26.5. The summed E-state index contributed by atoms with van der Waals surface area (Å²) in [7, 11) is 0. The minimum Gasteiger partial charge on any atom is -0.354 e. The van der Waals surface area contributed by atoms with Gasteiger partial charge in [-0.15, -0.1) is 0 Å². The van der Waals surface area contributed by atoms with Crippen molar-refractivity contribution in [1.29, 1.82) is 0 Å². The van der Waals surface area contributed by atoms with Crippen LogP contribution < -0.4 is 10.2 Å². The van der Waals surface area contributed by atoms with Gasteiger partial charge in [0.1, 0.15) is 11.6 Å². The van der Waals surface area contributed by atoms with Gasteiger partial charge in [0.2, 0.25) is 5.91 Å². The lowest BCUT2D eigenvalue weighted by atomic mass is 10.1. The molecule has 3 heterocycles. The molecule has 1 atom stereocenters. The van der Waals surface area contributed by atoms with Crippen molar-refractivity contribution < 1.29 is 4.79 Å². The van der Waals surface area contributed by atoms with Crippen molar-refractivity contribution in [3.63, 3.8) is 0 Å². The third-order valence-corrected chi connectivity index (χ3v) is 5.85. The van der Waals surface area contributed by atoms with E-state index in [1.54, 1.807) is 0 Å². The molecule has 4 rings (SSSR count). The first-order chi connectivity index (χ1) is 14.5. The molecule has 0 radical (unpaired) electrons. The minimum absolute atomic E-state index is 0.0492. The second kappa shape index (κ2) is 8.83. The Hall–Kier alpha value is -2.93. The number of aryl methyl sites for hydroxylation is 2. The second-order valence-corrected chi connectivity index (χ2v) is 7.97. The first kappa shape index (κ1) is 20.3. The fourth-order valence-electron chi connectivity index (χ4n) is 4.16. The lowest BCUT2D eigenvalue weighted by molar-refractivity contribution is -0.120. The number of rotatable bonds is 6. The van der Waals surface area contributed by atoms with Gasteiger partial charge in [0.15, 0.2) is 0 Å². The number of fused-ring (bicyclic) bond motifs is 1. The highest BCUT2D eigenvalue weighted by Crippen LogP contribution is 2.21. The van der Waals surface area contributed by atoms with Gasteiger partial charge in [-0.3, -0.25) is 9.69 Å². The van der Waals surface area contributed by atoms with Crippen LogP contribution in [-0.2, 0) is 11.3 Å². The molecular weight excluding hydrogens is 376 g/mol. The van der Waals surface area contributed by atoms with Crippen LogP contribution in [0.4, 0.5) is 11.5 Å². The van der Waals surface area contributed by atoms with Gasteiger partial charge in [-0.25, -0.2) is 9.97 Å². The van der Waals surface area contributed by atoms with E-state index in [2.05, 4.69) is 36.6 Å². The summed E-state index contributed by atoms with van der Waals surface area (Å²) in [6.45, 7) is 11.5. The Bertz CT molecular complexity index is 1010. The van der Waals surface area contributed by atoms with Gasteiger partial charge >= 0.3 is 0 Å². The standard InChI is InChI=1S/C23H30N6O/c1-4-29-18(3)25-20-15-19(8-9-21(20)29)26-23(30)17(2)16-27-11-13-28(14-12-27)22-7-5-6-10-24-22/h5-10,15,17H,4,11-14,16H2,1-3H3,(H,26,30)/t17-/m0/s1. The zero-order chi connectivity index (χ0) is 21.1. The Morgan fingerprint density at radius 3 is 2.67 bits per heavy atom. The molecule has 0 saturated carbocycles. The van der Waals surface area contributed by atoms with E-state index in [1.165, 1.54) is 0 Å². The molecule has 1 saturated heterocycles. The van der Waals surface area contributed by atoms with E-state index in [4.69, 9.17) is 0 Å². The highest BCUT2D eigenvalue weighted by molar-refractivity contribution is 5.94. The van der Waals surface area contributed by atoms with Gasteiger partial charge < -0.3 is 14.8 Å².